The molecule has 0 atom stereocenters. The maximum absolute atomic E-state index is 10.4. The van der Waals surface area contributed by atoms with E-state index in [1.54, 1.807) is 0 Å². The molecular weight excluding hydrogens is 126 g/mol. The van der Waals surface area contributed by atoms with E-state index in [4.69, 9.17) is 0 Å². The van der Waals surface area contributed by atoms with E-state index < -0.39 is 0 Å². The summed E-state index contributed by atoms with van der Waals surface area (Å²) in [5.41, 5.74) is -0.0791. The van der Waals surface area contributed by atoms with Gasteiger partial charge in [0, 0.05) is 19.5 Å². The van der Waals surface area contributed by atoms with E-state index in [0.29, 0.717) is 0 Å². The third-order valence-electron chi connectivity index (χ3n) is 1.77. The predicted molar refractivity (Wildman–Crippen MR) is 40.6 cm³/mol. The monoisotopic (exact) mass is 139 g/mol. The van der Waals surface area contributed by atoms with Gasteiger partial charge in [0.1, 0.15) is 6.29 Å². The summed E-state index contributed by atoms with van der Waals surface area (Å²) < 4.78 is 0. The molecule has 0 bridgehead atoms. The second-order valence-electron chi connectivity index (χ2n) is 3.13. The van der Waals surface area contributed by atoms with E-state index in [-0.39, 0.29) is 5.41 Å². The summed E-state index contributed by atoms with van der Waals surface area (Å²) in [5.74, 6) is 0. The summed E-state index contributed by atoms with van der Waals surface area (Å²) in [4.78, 5) is 12.4. The van der Waals surface area contributed by atoms with Gasteiger partial charge in [-0.3, -0.25) is 0 Å². The quantitative estimate of drug-likeness (QED) is 0.544. The first-order valence-electron chi connectivity index (χ1n) is 3.51. The smallest absolute Gasteiger partial charge is 0.129 e. The maximum Gasteiger partial charge on any atom is 0.129 e. The maximum atomic E-state index is 10.4. The number of hydrogen-bond acceptors (Lipinski definition) is 2. The first-order valence-corrected chi connectivity index (χ1v) is 3.51. The largest absolute Gasteiger partial charge is 0.384 e. The zero-order valence-electron chi connectivity index (χ0n) is 6.50. The first-order chi connectivity index (χ1) is 4.68. The van der Waals surface area contributed by atoms with Gasteiger partial charge >= 0.3 is 0 Å². The molecule has 2 heteroatoms. The minimum atomic E-state index is -0.0791. The molecule has 1 rings (SSSR count). The van der Waals surface area contributed by atoms with Crippen LogP contribution >= 0.6 is 0 Å². The van der Waals surface area contributed by atoms with Crippen LogP contribution in [0.4, 0.5) is 0 Å². The van der Waals surface area contributed by atoms with Crippen molar-refractivity contribution in [2.24, 2.45) is 5.41 Å². The third-order valence-corrected chi connectivity index (χ3v) is 1.77. The number of hydrogen-bond donors (Lipinski definition) is 0. The number of carbonyl (C=O) groups excluding carboxylic acids is 1. The number of rotatable bonds is 3. The van der Waals surface area contributed by atoms with Crippen LogP contribution in [-0.2, 0) is 4.79 Å². The Hall–Kier alpha value is -0.790. The van der Waals surface area contributed by atoms with Crippen LogP contribution in [0.15, 0.2) is 12.3 Å². The minimum absolute atomic E-state index is 0.0791. The van der Waals surface area contributed by atoms with E-state index >= 15 is 0 Å². The molecule has 0 unspecified atom stereocenters. The van der Waals surface area contributed by atoms with Crippen molar-refractivity contribution >= 4 is 6.29 Å². The fraction of sp³-hybridized carbons (Fsp3) is 0.625. The molecule has 1 aliphatic rings. The molecule has 1 aliphatic carbocycles. The van der Waals surface area contributed by atoms with Crippen molar-refractivity contribution in [1.29, 1.82) is 0 Å². The van der Waals surface area contributed by atoms with E-state index in [0.717, 1.165) is 19.1 Å². The van der Waals surface area contributed by atoms with E-state index in [9.17, 15) is 4.79 Å². The summed E-state index contributed by atoms with van der Waals surface area (Å²) in [5, 5.41) is 0. The van der Waals surface area contributed by atoms with Crippen LogP contribution in [0, 0.1) is 5.41 Å². The van der Waals surface area contributed by atoms with Crippen LogP contribution in [-0.4, -0.2) is 25.3 Å². The molecule has 0 aliphatic heterocycles. The Balaban J connectivity index is 2.44. The Morgan fingerprint density at radius 3 is 2.30 bits per heavy atom. The van der Waals surface area contributed by atoms with E-state index in [1.807, 2.05) is 31.3 Å². The molecule has 0 amide bonds. The molecule has 0 aromatic heterocycles. The molecule has 0 radical (unpaired) electrons. The summed E-state index contributed by atoms with van der Waals surface area (Å²) in [6.45, 7) is 0. The molecule has 0 saturated heterocycles. The van der Waals surface area contributed by atoms with Gasteiger partial charge in [-0.2, -0.15) is 0 Å². The van der Waals surface area contributed by atoms with Gasteiger partial charge in [0.05, 0.1) is 0 Å². The highest BCUT2D eigenvalue weighted by Crippen LogP contribution is 2.44. The Labute approximate surface area is 61.5 Å². The summed E-state index contributed by atoms with van der Waals surface area (Å²) in [7, 11) is 3.91. The molecule has 1 saturated carbocycles. The van der Waals surface area contributed by atoms with Crippen molar-refractivity contribution in [3.8, 4) is 0 Å². The second-order valence-corrected chi connectivity index (χ2v) is 3.13. The lowest BCUT2D eigenvalue weighted by molar-refractivity contribution is -0.110. The Kier molecular flexibility index (Phi) is 1.79. The van der Waals surface area contributed by atoms with Crippen LogP contribution < -0.4 is 0 Å². The predicted octanol–water partition coefficient (Wildman–Crippen LogP) is 1.04. The Morgan fingerprint density at radius 2 is 2.00 bits per heavy atom. The van der Waals surface area contributed by atoms with Crippen molar-refractivity contribution in [1.82, 2.24) is 4.90 Å². The molecule has 1 fully saturated rings. The highest BCUT2D eigenvalue weighted by Gasteiger charge is 2.39. The number of allylic oxidation sites excluding steroid dienone is 1. The Morgan fingerprint density at radius 1 is 1.40 bits per heavy atom. The zero-order valence-corrected chi connectivity index (χ0v) is 6.50. The van der Waals surface area contributed by atoms with Gasteiger partial charge in [-0.15, -0.1) is 0 Å². The normalized spacial score (nSPS) is 21.0. The molecular formula is C8H13NO. The molecule has 10 heavy (non-hydrogen) atoms. The average Bonchev–Trinajstić information content (AvgIpc) is 2.64. The van der Waals surface area contributed by atoms with Gasteiger partial charge in [0.2, 0.25) is 0 Å². The van der Waals surface area contributed by atoms with E-state index in [2.05, 4.69) is 0 Å². The van der Waals surface area contributed by atoms with Gasteiger partial charge < -0.3 is 9.69 Å². The van der Waals surface area contributed by atoms with Crippen molar-refractivity contribution in [2.45, 2.75) is 12.8 Å². The van der Waals surface area contributed by atoms with Gasteiger partial charge in [-0.1, -0.05) is 6.08 Å². The van der Waals surface area contributed by atoms with Crippen LogP contribution in [0.3, 0.4) is 0 Å². The molecule has 0 heterocycles. The zero-order chi connectivity index (χ0) is 7.61. The number of carbonyl (C=O) groups is 1. The fourth-order valence-corrected chi connectivity index (χ4v) is 0.766. The summed E-state index contributed by atoms with van der Waals surface area (Å²) >= 11 is 0. The molecule has 0 spiro atoms. The van der Waals surface area contributed by atoms with Gasteiger partial charge in [-0.05, 0) is 19.0 Å². The van der Waals surface area contributed by atoms with Crippen LogP contribution in [0.2, 0.25) is 0 Å². The van der Waals surface area contributed by atoms with Crippen molar-refractivity contribution in [3.63, 3.8) is 0 Å². The highest BCUT2D eigenvalue weighted by molar-refractivity contribution is 5.66. The topological polar surface area (TPSA) is 20.3 Å². The highest BCUT2D eigenvalue weighted by atomic mass is 16.1. The van der Waals surface area contributed by atoms with Gasteiger partial charge in [-0.25, -0.2) is 0 Å². The lowest BCUT2D eigenvalue weighted by atomic mass is 10.1. The van der Waals surface area contributed by atoms with Gasteiger partial charge in [0.25, 0.3) is 0 Å². The molecule has 0 N–H and O–H groups in total. The fourth-order valence-electron chi connectivity index (χ4n) is 0.766. The summed E-state index contributed by atoms with van der Waals surface area (Å²) in [6, 6.07) is 0. The third kappa shape index (κ3) is 1.59. The molecule has 2 nitrogen and oxygen atoms in total. The standard InChI is InChI=1S/C8H13NO/c1-9(2)6-5-8(7-10)3-4-8/h5-7H,3-4H2,1-2H3. The van der Waals surface area contributed by atoms with Crippen molar-refractivity contribution < 1.29 is 4.79 Å². The van der Waals surface area contributed by atoms with Crippen LogP contribution in [0.5, 0.6) is 0 Å². The first kappa shape index (κ1) is 7.32. The Bertz CT molecular complexity index is 157. The SMILES string of the molecule is CN(C)C=CC1(C=O)CC1. The second kappa shape index (κ2) is 2.45. The molecule has 0 aromatic carbocycles. The lowest BCUT2D eigenvalue weighted by Gasteiger charge is -2.04. The van der Waals surface area contributed by atoms with Crippen LogP contribution in [0.25, 0.3) is 0 Å². The lowest BCUT2D eigenvalue weighted by Crippen LogP contribution is -2.04. The summed E-state index contributed by atoms with van der Waals surface area (Å²) in [6.07, 6.45) is 7.04. The van der Waals surface area contributed by atoms with Crippen molar-refractivity contribution in [3.05, 3.63) is 12.3 Å². The van der Waals surface area contributed by atoms with Crippen molar-refractivity contribution in [2.75, 3.05) is 14.1 Å². The number of nitrogens with zero attached hydrogens (tertiary/aromatic N) is 1. The van der Waals surface area contributed by atoms with Crippen LogP contribution in [0.1, 0.15) is 12.8 Å². The molecule has 56 valence electrons. The minimum Gasteiger partial charge on any atom is -0.384 e. The average molecular weight is 139 g/mol. The van der Waals surface area contributed by atoms with Gasteiger partial charge in [0.15, 0.2) is 0 Å². The van der Waals surface area contributed by atoms with E-state index in [1.165, 1.54) is 0 Å². The molecule has 0 aromatic rings. The number of aldehydes is 1.